The Morgan fingerprint density at radius 3 is 2.49 bits per heavy atom. The molecule has 6 nitrogen and oxygen atoms in total. The first-order chi connectivity index (χ1) is 17.0. The first kappa shape index (κ1) is 23.2. The number of hydrogen-bond acceptors (Lipinski definition) is 4. The van der Waals surface area contributed by atoms with Gasteiger partial charge in [-0.3, -0.25) is 14.4 Å². The molecule has 7 heteroatoms. The summed E-state index contributed by atoms with van der Waals surface area (Å²) in [5.74, 6) is -0.567. The minimum absolute atomic E-state index is 0.0364. The fraction of sp³-hybridized carbons (Fsp3) is 0.250. The molecule has 0 spiro atoms. The van der Waals surface area contributed by atoms with Crippen LogP contribution in [-0.4, -0.2) is 30.3 Å². The Morgan fingerprint density at radius 2 is 1.71 bits per heavy atom. The number of aryl methyl sites for hydroxylation is 1. The summed E-state index contributed by atoms with van der Waals surface area (Å²) in [6.07, 6.45) is 4.25. The molecule has 0 bridgehead atoms. The van der Waals surface area contributed by atoms with Crippen molar-refractivity contribution in [3.8, 4) is 0 Å². The van der Waals surface area contributed by atoms with E-state index in [2.05, 4.69) is 10.6 Å². The largest absolute Gasteiger partial charge is 0.343 e. The Morgan fingerprint density at radius 1 is 0.971 bits per heavy atom. The fourth-order valence-corrected chi connectivity index (χ4v) is 5.77. The Balaban J connectivity index is 1.34. The number of carbonyl (C=O) groups excluding carboxylic acids is 3. The van der Waals surface area contributed by atoms with Crippen molar-refractivity contribution in [3.63, 3.8) is 0 Å². The van der Waals surface area contributed by atoms with Gasteiger partial charge in [0.25, 0.3) is 11.8 Å². The number of fused-ring (bicyclic) bond motifs is 2. The summed E-state index contributed by atoms with van der Waals surface area (Å²) in [5.41, 5.74) is 3.80. The van der Waals surface area contributed by atoms with Gasteiger partial charge in [-0.05, 0) is 62.2 Å². The molecule has 1 heterocycles. The molecule has 3 amide bonds. The van der Waals surface area contributed by atoms with Gasteiger partial charge < -0.3 is 15.5 Å². The molecule has 35 heavy (non-hydrogen) atoms. The zero-order valence-electron chi connectivity index (χ0n) is 19.5. The van der Waals surface area contributed by atoms with Gasteiger partial charge in [0, 0.05) is 27.1 Å². The van der Waals surface area contributed by atoms with E-state index in [-0.39, 0.29) is 30.3 Å². The molecule has 0 saturated heterocycles. The average molecular weight is 486 g/mol. The van der Waals surface area contributed by atoms with Crippen molar-refractivity contribution in [2.45, 2.75) is 48.4 Å². The quantitative estimate of drug-likeness (QED) is 0.506. The molecule has 0 aromatic heterocycles. The van der Waals surface area contributed by atoms with Crippen LogP contribution in [0.5, 0.6) is 0 Å². The Bertz CT molecular complexity index is 1280. The lowest BCUT2D eigenvalue weighted by Crippen LogP contribution is -2.39. The van der Waals surface area contributed by atoms with Gasteiger partial charge in [-0.1, -0.05) is 54.4 Å². The second-order valence-electron chi connectivity index (χ2n) is 8.99. The maximum absolute atomic E-state index is 13.5. The summed E-state index contributed by atoms with van der Waals surface area (Å²) in [5, 5.41) is 5.54. The molecular formula is C28H27N3O3S. The SMILES string of the molecule is Cc1ccc(C(=O)NCC(=O)Nc2ccc3c(c2)Sc2ccccc2C(=O)N3C2CCCC2)cc1. The normalized spacial score (nSPS) is 15.2. The molecular weight excluding hydrogens is 458 g/mol. The molecule has 2 N–H and O–H groups in total. The van der Waals surface area contributed by atoms with E-state index < -0.39 is 0 Å². The number of amides is 3. The van der Waals surface area contributed by atoms with E-state index in [0.29, 0.717) is 16.8 Å². The van der Waals surface area contributed by atoms with Gasteiger partial charge in [-0.15, -0.1) is 0 Å². The molecule has 3 aromatic rings. The monoisotopic (exact) mass is 485 g/mol. The Hall–Kier alpha value is -3.58. The molecule has 0 unspecified atom stereocenters. The Labute approximate surface area is 209 Å². The van der Waals surface area contributed by atoms with Gasteiger partial charge in [-0.25, -0.2) is 0 Å². The summed E-state index contributed by atoms with van der Waals surface area (Å²) in [6.45, 7) is 1.82. The van der Waals surface area contributed by atoms with Crippen LogP contribution >= 0.6 is 11.8 Å². The maximum atomic E-state index is 13.5. The van der Waals surface area contributed by atoms with Crippen molar-refractivity contribution < 1.29 is 14.4 Å². The molecule has 2 aliphatic rings. The summed E-state index contributed by atoms with van der Waals surface area (Å²) < 4.78 is 0. The summed E-state index contributed by atoms with van der Waals surface area (Å²) in [7, 11) is 0. The van der Waals surface area contributed by atoms with Crippen LogP contribution in [0, 0.1) is 6.92 Å². The van der Waals surface area contributed by atoms with Crippen molar-refractivity contribution in [1.29, 1.82) is 0 Å². The third kappa shape index (κ3) is 4.95. The van der Waals surface area contributed by atoms with Gasteiger partial charge in [0.1, 0.15) is 0 Å². The third-order valence-corrected chi connectivity index (χ3v) is 7.60. The van der Waals surface area contributed by atoms with Crippen molar-refractivity contribution in [1.82, 2.24) is 5.32 Å². The van der Waals surface area contributed by atoms with Crippen molar-refractivity contribution in [2.75, 3.05) is 16.8 Å². The van der Waals surface area contributed by atoms with Crippen LogP contribution in [0.4, 0.5) is 11.4 Å². The second kappa shape index (κ2) is 9.96. The molecule has 0 radical (unpaired) electrons. The molecule has 1 fully saturated rings. The molecule has 5 rings (SSSR count). The molecule has 1 saturated carbocycles. The summed E-state index contributed by atoms with van der Waals surface area (Å²) in [4.78, 5) is 42.2. The number of nitrogens with zero attached hydrogens (tertiary/aromatic N) is 1. The van der Waals surface area contributed by atoms with Gasteiger partial charge in [-0.2, -0.15) is 0 Å². The number of nitrogens with one attached hydrogen (secondary N) is 2. The zero-order chi connectivity index (χ0) is 24.4. The third-order valence-electron chi connectivity index (χ3n) is 6.47. The number of benzene rings is 3. The molecule has 3 aromatic carbocycles. The van der Waals surface area contributed by atoms with Crippen LogP contribution in [0.1, 0.15) is 52.0 Å². The van der Waals surface area contributed by atoms with Crippen LogP contribution in [0.15, 0.2) is 76.5 Å². The maximum Gasteiger partial charge on any atom is 0.259 e. The minimum atomic E-state index is -0.312. The minimum Gasteiger partial charge on any atom is -0.343 e. The topological polar surface area (TPSA) is 78.5 Å². The van der Waals surface area contributed by atoms with E-state index in [1.807, 2.05) is 66.4 Å². The lowest BCUT2D eigenvalue weighted by Gasteiger charge is -2.29. The first-order valence-corrected chi connectivity index (χ1v) is 12.7. The molecule has 1 aliphatic carbocycles. The van der Waals surface area contributed by atoms with Crippen LogP contribution in [0.25, 0.3) is 0 Å². The van der Waals surface area contributed by atoms with Gasteiger partial charge >= 0.3 is 0 Å². The van der Waals surface area contributed by atoms with E-state index in [4.69, 9.17) is 0 Å². The lowest BCUT2D eigenvalue weighted by atomic mass is 10.1. The highest BCUT2D eigenvalue weighted by Crippen LogP contribution is 2.44. The number of hydrogen-bond donors (Lipinski definition) is 2. The highest BCUT2D eigenvalue weighted by atomic mass is 32.2. The van der Waals surface area contributed by atoms with E-state index in [1.54, 1.807) is 23.9 Å². The summed E-state index contributed by atoms with van der Waals surface area (Å²) in [6, 6.07) is 20.7. The lowest BCUT2D eigenvalue weighted by molar-refractivity contribution is -0.115. The molecule has 178 valence electrons. The molecule has 0 atom stereocenters. The van der Waals surface area contributed by atoms with Gasteiger partial charge in [0.05, 0.1) is 17.8 Å². The van der Waals surface area contributed by atoms with Crippen molar-refractivity contribution in [3.05, 3.63) is 83.4 Å². The number of carbonyl (C=O) groups is 3. The predicted octanol–water partition coefficient (Wildman–Crippen LogP) is 5.42. The fourth-order valence-electron chi connectivity index (χ4n) is 4.66. The Kier molecular flexibility index (Phi) is 6.59. The van der Waals surface area contributed by atoms with E-state index in [9.17, 15) is 14.4 Å². The standard InChI is InChI=1S/C28H27N3O3S/c1-18-10-12-19(13-11-18)27(33)29-17-26(32)30-20-14-15-23-25(16-20)35-24-9-5-4-8-22(24)28(34)31(23)21-6-2-3-7-21/h4-5,8-16,21H,2-3,6-7,17H2,1H3,(H,29,33)(H,30,32). The van der Waals surface area contributed by atoms with Crippen LogP contribution in [-0.2, 0) is 4.79 Å². The first-order valence-electron chi connectivity index (χ1n) is 11.9. The molecule has 1 aliphatic heterocycles. The number of rotatable bonds is 5. The van der Waals surface area contributed by atoms with Gasteiger partial charge in [0.15, 0.2) is 0 Å². The van der Waals surface area contributed by atoms with Crippen molar-refractivity contribution in [2.24, 2.45) is 0 Å². The number of anilines is 2. The van der Waals surface area contributed by atoms with Crippen LogP contribution in [0.2, 0.25) is 0 Å². The smallest absolute Gasteiger partial charge is 0.259 e. The highest BCUT2D eigenvalue weighted by molar-refractivity contribution is 7.99. The van der Waals surface area contributed by atoms with Gasteiger partial charge in [0.2, 0.25) is 5.91 Å². The predicted molar refractivity (Wildman–Crippen MR) is 138 cm³/mol. The zero-order valence-corrected chi connectivity index (χ0v) is 20.4. The highest BCUT2D eigenvalue weighted by Gasteiger charge is 2.34. The van der Waals surface area contributed by atoms with Crippen LogP contribution < -0.4 is 15.5 Å². The average Bonchev–Trinajstić information content (AvgIpc) is 3.35. The summed E-state index contributed by atoms with van der Waals surface area (Å²) >= 11 is 1.54. The van der Waals surface area contributed by atoms with E-state index >= 15 is 0 Å². The van der Waals surface area contributed by atoms with Crippen molar-refractivity contribution >= 4 is 40.9 Å². The van der Waals surface area contributed by atoms with E-state index in [0.717, 1.165) is 46.7 Å². The van der Waals surface area contributed by atoms with Crippen LogP contribution in [0.3, 0.4) is 0 Å². The van der Waals surface area contributed by atoms with E-state index in [1.165, 1.54) is 0 Å². The second-order valence-corrected chi connectivity index (χ2v) is 10.1.